The third-order valence-electron chi connectivity index (χ3n) is 4.95. The zero-order valence-electron chi connectivity index (χ0n) is 16.3. The summed E-state index contributed by atoms with van der Waals surface area (Å²) in [6, 6.07) is 13.9. The van der Waals surface area contributed by atoms with Crippen LogP contribution in [-0.4, -0.2) is 37.6 Å². The van der Waals surface area contributed by atoms with Gasteiger partial charge in [0.2, 0.25) is 5.91 Å². The molecule has 2 aromatic rings. The minimum atomic E-state index is 0.0608. The van der Waals surface area contributed by atoms with Gasteiger partial charge in [0.25, 0.3) is 0 Å². The van der Waals surface area contributed by atoms with Crippen molar-refractivity contribution in [3.63, 3.8) is 0 Å². The monoisotopic (exact) mass is 445 g/mol. The van der Waals surface area contributed by atoms with Gasteiger partial charge in [0.1, 0.15) is 5.75 Å². The number of hydrogen-bond acceptors (Lipinski definition) is 4. The molecular formula is C22H28BrN3O2. The summed E-state index contributed by atoms with van der Waals surface area (Å²) in [5.74, 6) is 0.884. The molecule has 6 heteroatoms. The first-order valence-corrected chi connectivity index (χ1v) is 10.6. The third-order valence-corrected chi connectivity index (χ3v) is 5.57. The number of nitrogens with zero attached hydrogens (tertiary/aromatic N) is 1. The highest BCUT2D eigenvalue weighted by Crippen LogP contribution is 2.26. The van der Waals surface area contributed by atoms with E-state index in [0.29, 0.717) is 13.1 Å². The molecule has 0 bridgehead atoms. The first kappa shape index (κ1) is 20.7. The number of benzene rings is 2. The number of halogens is 1. The molecule has 0 atom stereocenters. The van der Waals surface area contributed by atoms with Crippen molar-refractivity contribution in [1.82, 2.24) is 4.90 Å². The van der Waals surface area contributed by atoms with Crippen LogP contribution in [0.4, 0.5) is 11.4 Å². The fourth-order valence-corrected chi connectivity index (χ4v) is 3.98. The van der Waals surface area contributed by atoms with Gasteiger partial charge in [0.15, 0.2) is 0 Å². The van der Waals surface area contributed by atoms with Gasteiger partial charge in [-0.3, -0.25) is 9.69 Å². The molecule has 5 nitrogen and oxygen atoms in total. The zero-order chi connectivity index (χ0) is 19.8. The van der Waals surface area contributed by atoms with Gasteiger partial charge < -0.3 is 15.4 Å². The van der Waals surface area contributed by atoms with Crippen LogP contribution < -0.4 is 15.4 Å². The number of nitrogens with one attached hydrogen (secondary N) is 2. The average molecular weight is 446 g/mol. The van der Waals surface area contributed by atoms with Crippen molar-refractivity contribution < 1.29 is 9.53 Å². The van der Waals surface area contributed by atoms with Crippen LogP contribution in [0.1, 0.15) is 31.2 Å². The molecular weight excluding hydrogens is 418 g/mol. The quantitative estimate of drug-likeness (QED) is 0.637. The predicted octanol–water partition coefficient (Wildman–Crippen LogP) is 4.88. The van der Waals surface area contributed by atoms with Crippen LogP contribution in [0.3, 0.4) is 0 Å². The highest BCUT2D eigenvalue weighted by atomic mass is 79.9. The Balaban J connectivity index is 1.47. The third kappa shape index (κ3) is 6.24. The smallest absolute Gasteiger partial charge is 0.238 e. The molecule has 2 N–H and O–H groups in total. The Morgan fingerprint density at radius 1 is 1.04 bits per heavy atom. The summed E-state index contributed by atoms with van der Waals surface area (Å²) >= 11 is 3.51. The van der Waals surface area contributed by atoms with Crippen molar-refractivity contribution in [1.29, 1.82) is 0 Å². The van der Waals surface area contributed by atoms with Crippen LogP contribution in [0.2, 0.25) is 0 Å². The molecule has 28 heavy (non-hydrogen) atoms. The number of methoxy groups -OCH3 is 1. The van der Waals surface area contributed by atoms with E-state index in [0.717, 1.165) is 40.2 Å². The van der Waals surface area contributed by atoms with Gasteiger partial charge in [-0.05, 0) is 83.8 Å². The fraction of sp³-hybridized carbons (Fsp3) is 0.409. The van der Waals surface area contributed by atoms with Crippen molar-refractivity contribution in [2.75, 3.05) is 37.4 Å². The Morgan fingerprint density at radius 2 is 1.71 bits per heavy atom. The normalized spacial score (nSPS) is 14.9. The van der Waals surface area contributed by atoms with Gasteiger partial charge in [-0.2, -0.15) is 0 Å². The lowest BCUT2D eigenvalue weighted by Gasteiger charge is -2.19. The maximum atomic E-state index is 12.3. The number of anilines is 2. The maximum absolute atomic E-state index is 12.3. The minimum Gasteiger partial charge on any atom is -0.496 e. The molecule has 3 rings (SSSR count). The van der Waals surface area contributed by atoms with E-state index in [-0.39, 0.29) is 5.91 Å². The van der Waals surface area contributed by atoms with Crippen molar-refractivity contribution in [3.05, 3.63) is 52.5 Å². The second-order valence-corrected chi connectivity index (χ2v) is 7.99. The molecule has 0 radical (unpaired) electrons. The molecule has 1 saturated heterocycles. The van der Waals surface area contributed by atoms with E-state index in [1.54, 1.807) is 7.11 Å². The molecule has 150 valence electrons. The molecule has 0 spiro atoms. The van der Waals surface area contributed by atoms with Crippen molar-refractivity contribution in [3.8, 4) is 5.75 Å². The first-order valence-electron chi connectivity index (χ1n) is 9.82. The summed E-state index contributed by atoms with van der Waals surface area (Å²) in [5.41, 5.74) is 3.00. The SMILES string of the molecule is COc1ccc(CNc2ccc(NC(=O)CN3CCCCCC3)cc2)cc1Br. The van der Waals surface area contributed by atoms with Crippen LogP contribution in [0.25, 0.3) is 0 Å². The second kappa shape index (κ2) is 10.5. The van der Waals surface area contributed by atoms with Crippen molar-refractivity contribution in [2.45, 2.75) is 32.2 Å². The highest BCUT2D eigenvalue weighted by molar-refractivity contribution is 9.10. The summed E-state index contributed by atoms with van der Waals surface area (Å²) in [6.45, 7) is 3.24. The fourth-order valence-electron chi connectivity index (χ4n) is 3.39. The molecule has 0 aliphatic carbocycles. The van der Waals surface area contributed by atoms with Crippen LogP contribution in [0.5, 0.6) is 5.75 Å². The Morgan fingerprint density at radius 3 is 2.36 bits per heavy atom. The molecule has 1 amide bonds. The van der Waals surface area contributed by atoms with Gasteiger partial charge in [0.05, 0.1) is 18.1 Å². The first-order chi connectivity index (χ1) is 13.6. The van der Waals surface area contributed by atoms with Gasteiger partial charge in [-0.1, -0.05) is 18.9 Å². The molecule has 0 unspecified atom stereocenters. The Bertz CT molecular complexity index is 772. The highest BCUT2D eigenvalue weighted by Gasteiger charge is 2.13. The zero-order valence-corrected chi connectivity index (χ0v) is 17.9. The summed E-state index contributed by atoms with van der Waals surface area (Å²) < 4.78 is 6.20. The van der Waals surface area contributed by atoms with E-state index >= 15 is 0 Å². The predicted molar refractivity (Wildman–Crippen MR) is 118 cm³/mol. The summed E-state index contributed by atoms with van der Waals surface area (Å²) in [4.78, 5) is 14.5. The van der Waals surface area contributed by atoms with Crippen molar-refractivity contribution >= 4 is 33.2 Å². The lowest BCUT2D eigenvalue weighted by molar-refractivity contribution is -0.117. The molecule has 1 aliphatic rings. The number of amides is 1. The van der Waals surface area contributed by atoms with Crippen LogP contribution in [0, 0.1) is 0 Å². The topological polar surface area (TPSA) is 53.6 Å². The number of hydrogen-bond donors (Lipinski definition) is 2. The maximum Gasteiger partial charge on any atom is 0.238 e. The number of carbonyl (C=O) groups excluding carboxylic acids is 1. The lowest BCUT2D eigenvalue weighted by atomic mass is 10.2. The van der Waals surface area contributed by atoms with E-state index in [4.69, 9.17) is 4.74 Å². The number of ether oxygens (including phenoxy) is 1. The largest absolute Gasteiger partial charge is 0.496 e. The van der Waals surface area contributed by atoms with Gasteiger partial charge >= 0.3 is 0 Å². The standard InChI is InChI=1S/C22H28BrN3O2/c1-28-21-11-6-17(14-20(21)23)15-24-18-7-9-19(10-8-18)25-22(27)16-26-12-4-2-3-5-13-26/h6-11,14,24H,2-5,12-13,15-16H2,1H3,(H,25,27). The van der Waals surface area contributed by atoms with Gasteiger partial charge in [-0.25, -0.2) is 0 Å². The molecule has 2 aromatic carbocycles. The van der Waals surface area contributed by atoms with E-state index in [2.05, 4.69) is 31.5 Å². The van der Waals surface area contributed by atoms with E-state index in [9.17, 15) is 4.79 Å². The van der Waals surface area contributed by atoms with E-state index in [1.807, 2.05) is 42.5 Å². The Labute approximate surface area is 175 Å². The second-order valence-electron chi connectivity index (χ2n) is 7.14. The number of rotatable bonds is 7. The Kier molecular flexibility index (Phi) is 7.74. The minimum absolute atomic E-state index is 0.0608. The van der Waals surface area contributed by atoms with Gasteiger partial charge in [-0.15, -0.1) is 0 Å². The molecule has 1 aliphatic heterocycles. The van der Waals surface area contributed by atoms with Crippen molar-refractivity contribution in [2.24, 2.45) is 0 Å². The van der Waals surface area contributed by atoms with Crippen LogP contribution in [-0.2, 0) is 11.3 Å². The molecule has 0 saturated carbocycles. The number of likely N-dealkylation sites (tertiary alicyclic amines) is 1. The molecule has 0 aromatic heterocycles. The molecule has 1 heterocycles. The average Bonchev–Trinajstić information content (AvgIpc) is 2.96. The summed E-state index contributed by atoms with van der Waals surface area (Å²) in [5, 5.41) is 6.40. The Hall–Kier alpha value is -2.05. The summed E-state index contributed by atoms with van der Waals surface area (Å²) in [7, 11) is 1.66. The lowest BCUT2D eigenvalue weighted by Crippen LogP contribution is -2.33. The molecule has 1 fully saturated rings. The van der Waals surface area contributed by atoms with Crippen LogP contribution in [0.15, 0.2) is 46.9 Å². The van der Waals surface area contributed by atoms with Gasteiger partial charge in [0, 0.05) is 17.9 Å². The van der Waals surface area contributed by atoms with E-state index in [1.165, 1.54) is 25.7 Å². The van der Waals surface area contributed by atoms with Crippen LogP contribution >= 0.6 is 15.9 Å². The number of carbonyl (C=O) groups is 1. The van der Waals surface area contributed by atoms with E-state index < -0.39 is 0 Å². The summed E-state index contributed by atoms with van der Waals surface area (Å²) in [6.07, 6.45) is 4.94.